The maximum atomic E-state index is 12.1. The fourth-order valence-corrected chi connectivity index (χ4v) is 3.02. The SMILES string of the molecule is Cc1ccc2c(N)c(C(=O)NCCCCC(N)=O)sc2n1. The number of nitrogens with zero attached hydrogens (tertiary/aromatic N) is 1. The first-order valence-corrected chi connectivity index (χ1v) is 7.53. The number of aryl methyl sites for hydroxylation is 1. The topological polar surface area (TPSA) is 111 Å². The van der Waals surface area contributed by atoms with Crippen molar-refractivity contribution in [2.24, 2.45) is 5.73 Å². The monoisotopic (exact) mass is 306 g/mol. The number of nitrogens with two attached hydrogens (primary N) is 2. The highest BCUT2D eigenvalue weighted by Gasteiger charge is 2.16. The first-order valence-electron chi connectivity index (χ1n) is 6.71. The van der Waals surface area contributed by atoms with E-state index in [-0.39, 0.29) is 11.8 Å². The first kappa shape index (κ1) is 15.2. The third-order valence-corrected chi connectivity index (χ3v) is 4.19. The largest absolute Gasteiger partial charge is 0.397 e. The number of hydrogen-bond donors (Lipinski definition) is 3. The predicted molar refractivity (Wildman–Crippen MR) is 84.1 cm³/mol. The van der Waals surface area contributed by atoms with Crippen LogP contribution in [0.4, 0.5) is 5.69 Å². The third-order valence-electron chi connectivity index (χ3n) is 3.07. The van der Waals surface area contributed by atoms with Crippen LogP contribution in [0.2, 0.25) is 0 Å². The van der Waals surface area contributed by atoms with Crippen molar-refractivity contribution >= 4 is 39.1 Å². The van der Waals surface area contributed by atoms with Gasteiger partial charge in [-0.2, -0.15) is 0 Å². The van der Waals surface area contributed by atoms with Gasteiger partial charge in [-0.1, -0.05) is 0 Å². The van der Waals surface area contributed by atoms with Crippen LogP contribution >= 0.6 is 11.3 Å². The molecule has 0 radical (unpaired) electrons. The number of pyridine rings is 1. The molecule has 5 N–H and O–H groups in total. The van der Waals surface area contributed by atoms with Gasteiger partial charge >= 0.3 is 0 Å². The van der Waals surface area contributed by atoms with Gasteiger partial charge in [0.15, 0.2) is 0 Å². The summed E-state index contributed by atoms with van der Waals surface area (Å²) < 4.78 is 0. The van der Waals surface area contributed by atoms with Crippen molar-refractivity contribution in [1.82, 2.24) is 10.3 Å². The van der Waals surface area contributed by atoms with Crippen molar-refractivity contribution in [3.05, 3.63) is 22.7 Å². The molecule has 0 spiro atoms. The number of thiophene rings is 1. The van der Waals surface area contributed by atoms with Crippen LogP contribution in [0.15, 0.2) is 12.1 Å². The average molecular weight is 306 g/mol. The minimum Gasteiger partial charge on any atom is -0.397 e. The molecule has 0 saturated carbocycles. The average Bonchev–Trinajstić information content (AvgIpc) is 2.74. The lowest BCUT2D eigenvalue weighted by Crippen LogP contribution is -2.24. The van der Waals surface area contributed by atoms with Gasteiger partial charge < -0.3 is 16.8 Å². The molecule has 0 aromatic carbocycles. The summed E-state index contributed by atoms with van der Waals surface area (Å²) >= 11 is 1.29. The molecule has 2 rings (SSSR count). The Kier molecular flexibility index (Phi) is 4.74. The van der Waals surface area contributed by atoms with E-state index in [1.165, 1.54) is 11.3 Å². The van der Waals surface area contributed by atoms with Gasteiger partial charge in [-0.3, -0.25) is 9.59 Å². The molecule has 0 aliphatic heterocycles. The number of nitrogens with one attached hydrogen (secondary N) is 1. The van der Waals surface area contributed by atoms with Crippen molar-refractivity contribution in [3.63, 3.8) is 0 Å². The van der Waals surface area contributed by atoms with Crippen molar-refractivity contribution in [2.45, 2.75) is 26.2 Å². The van der Waals surface area contributed by atoms with E-state index in [1.807, 2.05) is 19.1 Å². The number of amides is 2. The fourth-order valence-electron chi connectivity index (χ4n) is 1.96. The van der Waals surface area contributed by atoms with Crippen LogP contribution in [0, 0.1) is 6.92 Å². The number of carbonyl (C=O) groups is 2. The second-order valence-corrected chi connectivity index (χ2v) is 5.83. The zero-order valence-corrected chi connectivity index (χ0v) is 12.6. The van der Waals surface area contributed by atoms with Gasteiger partial charge in [-0.15, -0.1) is 11.3 Å². The highest BCUT2D eigenvalue weighted by atomic mass is 32.1. The Balaban J connectivity index is 1.99. The minimum atomic E-state index is -0.323. The van der Waals surface area contributed by atoms with Crippen LogP contribution in [0.1, 0.15) is 34.6 Å². The van der Waals surface area contributed by atoms with Gasteiger partial charge in [0.2, 0.25) is 5.91 Å². The van der Waals surface area contributed by atoms with Gasteiger partial charge in [0.25, 0.3) is 5.91 Å². The van der Waals surface area contributed by atoms with Crippen LogP contribution in [-0.4, -0.2) is 23.3 Å². The maximum absolute atomic E-state index is 12.1. The summed E-state index contributed by atoms with van der Waals surface area (Å²) in [4.78, 5) is 28.3. The number of hydrogen-bond acceptors (Lipinski definition) is 5. The van der Waals surface area contributed by atoms with E-state index in [0.717, 1.165) is 15.9 Å². The molecular weight excluding hydrogens is 288 g/mol. The number of primary amides is 1. The van der Waals surface area contributed by atoms with E-state index in [4.69, 9.17) is 11.5 Å². The van der Waals surface area contributed by atoms with Crippen LogP contribution in [0.3, 0.4) is 0 Å². The quantitative estimate of drug-likeness (QED) is 0.703. The highest BCUT2D eigenvalue weighted by Crippen LogP contribution is 2.32. The summed E-state index contributed by atoms with van der Waals surface area (Å²) in [6.45, 7) is 2.39. The maximum Gasteiger partial charge on any atom is 0.263 e. The fraction of sp³-hybridized carbons (Fsp3) is 0.357. The molecule has 2 aromatic rings. The molecule has 2 heterocycles. The highest BCUT2D eigenvalue weighted by molar-refractivity contribution is 7.21. The third kappa shape index (κ3) is 3.69. The molecular formula is C14H18N4O2S. The second kappa shape index (κ2) is 6.53. The van der Waals surface area contributed by atoms with Crippen LogP contribution in [0.5, 0.6) is 0 Å². The molecule has 112 valence electrons. The van der Waals surface area contributed by atoms with Gasteiger partial charge in [0.1, 0.15) is 9.71 Å². The summed E-state index contributed by atoms with van der Waals surface area (Å²) in [5.41, 5.74) is 12.4. The standard InChI is InChI=1S/C14H18N4O2S/c1-8-5-6-9-11(16)12(21-14(9)18-8)13(20)17-7-3-2-4-10(15)19/h5-6H,2-4,7,16H2,1H3,(H2,15,19)(H,17,20). The second-order valence-electron chi connectivity index (χ2n) is 4.83. The molecule has 0 atom stereocenters. The van der Waals surface area contributed by atoms with Crippen molar-refractivity contribution in [2.75, 3.05) is 12.3 Å². The number of anilines is 1. The Morgan fingerprint density at radius 2 is 2.10 bits per heavy atom. The summed E-state index contributed by atoms with van der Waals surface area (Å²) in [6.07, 6.45) is 1.71. The van der Waals surface area contributed by atoms with E-state index in [0.29, 0.717) is 36.4 Å². The number of nitrogen functional groups attached to an aromatic ring is 1. The van der Waals surface area contributed by atoms with Gasteiger partial charge in [-0.25, -0.2) is 4.98 Å². The normalized spacial score (nSPS) is 10.7. The molecule has 0 fully saturated rings. The Labute approximate surface area is 126 Å². The molecule has 0 aliphatic carbocycles. The predicted octanol–water partition coefficient (Wildman–Crippen LogP) is 1.57. The molecule has 0 unspecified atom stereocenters. The Hall–Kier alpha value is -2.15. The van der Waals surface area contributed by atoms with Crippen LogP contribution in [0.25, 0.3) is 10.2 Å². The zero-order valence-electron chi connectivity index (χ0n) is 11.8. The summed E-state index contributed by atoms with van der Waals surface area (Å²) in [5, 5.41) is 3.61. The molecule has 6 nitrogen and oxygen atoms in total. The molecule has 0 aliphatic rings. The summed E-state index contributed by atoms with van der Waals surface area (Å²) in [5.74, 6) is -0.524. The minimum absolute atomic E-state index is 0.202. The number of fused-ring (bicyclic) bond motifs is 1. The van der Waals surface area contributed by atoms with Crippen molar-refractivity contribution < 1.29 is 9.59 Å². The van der Waals surface area contributed by atoms with E-state index < -0.39 is 0 Å². The number of aromatic nitrogens is 1. The summed E-state index contributed by atoms with van der Waals surface area (Å²) in [6, 6.07) is 3.75. The number of unbranched alkanes of at least 4 members (excludes halogenated alkanes) is 1. The van der Waals surface area contributed by atoms with E-state index in [2.05, 4.69) is 10.3 Å². The molecule has 0 saturated heterocycles. The van der Waals surface area contributed by atoms with Crippen LogP contribution < -0.4 is 16.8 Å². The van der Waals surface area contributed by atoms with E-state index in [9.17, 15) is 9.59 Å². The molecule has 7 heteroatoms. The lowest BCUT2D eigenvalue weighted by atomic mass is 10.2. The first-order chi connectivity index (χ1) is 9.99. The lowest BCUT2D eigenvalue weighted by molar-refractivity contribution is -0.118. The van der Waals surface area contributed by atoms with Crippen molar-refractivity contribution in [1.29, 1.82) is 0 Å². The van der Waals surface area contributed by atoms with Gasteiger partial charge in [-0.05, 0) is 31.9 Å². The lowest BCUT2D eigenvalue weighted by Gasteiger charge is -2.03. The molecule has 2 amide bonds. The molecule has 21 heavy (non-hydrogen) atoms. The number of rotatable bonds is 6. The summed E-state index contributed by atoms with van der Waals surface area (Å²) in [7, 11) is 0. The Morgan fingerprint density at radius 1 is 1.33 bits per heavy atom. The smallest absolute Gasteiger partial charge is 0.263 e. The molecule has 2 aromatic heterocycles. The Morgan fingerprint density at radius 3 is 2.81 bits per heavy atom. The Bertz CT molecular complexity index is 681. The van der Waals surface area contributed by atoms with Crippen LogP contribution in [-0.2, 0) is 4.79 Å². The number of carbonyl (C=O) groups excluding carboxylic acids is 2. The zero-order chi connectivity index (χ0) is 15.4. The molecule has 0 bridgehead atoms. The van der Waals surface area contributed by atoms with Gasteiger partial charge in [0.05, 0.1) is 5.69 Å². The van der Waals surface area contributed by atoms with E-state index >= 15 is 0 Å². The van der Waals surface area contributed by atoms with Crippen molar-refractivity contribution in [3.8, 4) is 0 Å². The van der Waals surface area contributed by atoms with E-state index in [1.54, 1.807) is 0 Å². The van der Waals surface area contributed by atoms with Gasteiger partial charge in [0, 0.05) is 24.0 Å².